The van der Waals surface area contributed by atoms with Crippen LogP contribution in [0.3, 0.4) is 0 Å². The van der Waals surface area contributed by atoms with Crippen molar-refractivity contribution in [2.75, 3.05) is 0 Å². The lowest BCUT2D eigenvalue weighted by atomic mass is 10.1. The van der Waals surface area contributed by atoms with E-state index in [4.69, 9.17) is 5.11 Å². The van der Waals surface area contributed by atoms with Gasteiger partial charge in [-0.3, -0.25) is 0 Å². The fourth-order valence-corrected chi connectivity index (χ4v) is 2.05. The molecule has 0 aliphatic carbocycles. The minimum atomic E-state index is 0.334. The molecule has 1 heteroatoms. The third-order valence-electron chi connectivity index (χ3n) is 3.23. The van der Waals surface area contributed by atoms with Gasteiger partial charge in [0.25, 0.3) is 0 Å². The summed E-state index contributed by atoms with van der Waals surface area (Å²) in [5.41, 5.74) is 0. The Morgan fingerprint density at radius 2 is 1.33 bits per heavy atom. The van der Waals surface area contributed by atoms with Gasteiger partial charge in [0.2, 0.25) is 0 Å². The molecule has 0 aromatic carbocycles. The maximum absolute atomic E-state index is 8.93. The van der Waals surface area contributed by atoms with Gasteiger partial charge in [0.05, 0.1) is 5.76 Å². The van der Waals surface area contributed by atoms with Crippen LogP contribution in [0.4, 0.5) is 0 Å². The van der Waals surface area contributed by atoms with Crippen LogP contribution in [0.5, 0.6) is 0 Å². The molecule has 18 heavy (non-hydrogen) atoms. The van der Waals surface area contributed by atoms with Gasteiger partial charge in [-0.05, 0) is 32.1 Å². The van der Waals surface area contributed by atoms with Crippen LogP contribution < -0.4 is 0 Å². The van der Waals surface area contributed by atoms with E-state index in [2.05, 4.69) is 25.7 Å². The number of unbranched alkanes of at least 4 members (excludes halogenated alkanes) is 9. The molecular weight excluding hydrogens is 220 g/mol. The van der Waals surface area contributed by atoms with E-state index in [-0.39, 0.29) is 0 Å². The maximum Gasteiger partial charge on any atom is 0.0851 e. The first-order chi connectivity index (χ1) is 8.77. The van der Waals surface area contributed by atoms with Crippen LogP contribution in [0.15, 0.2) is 24.5 Å². The first-order valence-electron chi connectivity index (χ1n) is 7.79. The maximum atomic E-state index is 8.93. The Morgan fingerprint density at radius 1 is 0.833 bits per heavy atom. The van der Waals surface area contributed by atoms with Gasteiger partial charge in [-0.2, -0.15) is 0 Å². The van der Waals surface area contributed by atoms with Crippen molar-refractivity contribution in [3.63, 3.8) is 0 Å². The molecule has 106 valence electrons. The zero-order valence-corrected chi connectivity index (χ0v) is 12.3. The predicted octanol–water partition coefficient (Wildman–Crippen LogP) is 6.32. The molecule has 0 aromatic heterocycles. The van der Waals surface area contributed by atoms with Crippen LogP contribution in [0.25, 0.3) is 0 Å². The molecule has 1 nitrogen and oxygen atoms in total. The third kappa shape index (κ3) is 15.3. The van der Waals surface area contributed by atoms with Crippen molar-refractivity contribution in [1.29, 1.82) is 0 Å². The van der Waals surface area contributed by atoms with E-state index in [9.17, 15) is 0 Å². The van der Waals surface area contributed by atoms with Crippen molar-refractivity contribution in [3.8, 4) is 0 Å². The summed E-state index contributed by atoms with van der Waals surface area (Å²) in [4.78, 5) is 0. The van der Waals surface area contributed by atoms with Gasteiger partial charge in [0.15, 0.2) is 0 Å². The Morgan fingerprint density at radius 3 is 1.89 bits per heavy atom. The van der Waals surface area contributed by atoms with Crippen molar-refractivity contribution in [2.24, 2.45) is 0 Å². The second-order valence-electron chi connectivity index (χ2n) is 5.19. The molecule has 1 N–H and O–H groups in total. The van der Waals surface area contributed by atoms with Crippen molar-refractivity contribution >= 4 is 0 Å². The Kier molecular flexibility index (Phi) is 13.8. The van der Waals surface area contributed by atoms with E-state index >= 15 is 0 Å². The first-order valence-corrected chi connectivity index (χ1v) is 7.79. The monoisotopic (exact) mass is 252 g/mol. The van der Waals surface area contributed by atoms with E-state index in [0.29, 0.717) is 5.76 Å². The van der Waals surface area contributed by atoms with Crippen LogP contribution in [-0.2, 0) is 0 Å². The lowest BCUT2D eigenvalue weighted by Gasteiger charge is -1.99. The highest BCUT2D eigenvalue weighted by Crippen LogP contribution is 2.10. The van der Waals surface area contributed by atoms with Gasteiger partial charge < -0.3 is 5.11 Å². The van der Waals surface area contributed by atoms with E-state index in [0.717, 1.165) is 12.8 Å². The van der Waals surface area contributed by atoms with Crippen LogP contribution in [0.2, 0.25) is 0 Å². The average molecular weight is 252 g/mol. The fourth-order valence-electron chi connectivity index (χ4n) is 2.05. The number of aliphatic hydroxyl groups excluding tert-OH is 1. The molecule has 0 unspecified atom stereocenters. The van der Waals surface area contributed by atoms with E-state index in [1.807, 2.05) is 0 Å². The van der Waals surface area contributed by atoms with Crippen molar-refractivity contribution < 1.29 is 5.11 Å². The van der Waals surface area contributed by atoms with Gasteiger partial charge in [-0.25, -0.2) is 0 Å². The standard InChI is InChI=1S/C17H32O/c1-3-4-5-6-7-8-9-10-11-12-13-14-15-16-17(2)18/h8-9,18H,2-7,10-16H2,1H3/b9-8-. The second-order valence-corrected chi connectivity index (χ2v) is 5.19. The van der Waals surface area contributed by atoms with Gasteiger partial charge in [-0.15, -0.1) is 0 Å². The lowest BCUT2D eigenvalue weighted by Crippen LogP contribution is -1.82. The molecule has 0 fully saturated rings. The van der Waals surface area contributed by atoms with Crippen LogP contribution >= 0.6 is 0 Å². The minimum absolute atomic E-state index is 0.334. The Hall–Kier alpha value is -0.720. The molecule has 0 atom stereocenters. The molecule has 0 aliphatic heterocycles. The van der Waals surface area contributed by atoms with Gasteiger partial charge >= 0.3 is 0 Å². The molecular formula is C17H32O. The smallest absolute Gasteiger partial charge is 0.0851 e. The number of aliphatic hydroxyl groups is 1. The van der Waals surface area contributed by atoms with Crippen LogP contribution in [-0.4, -0.2) is 5.11 Å². The zero-order valence-electron chi connectivity index (χ0n) is 12.3. The molecule has 0 aromatic rings. The number of hydrogen-bond acceptors (Lipinski definition) is 1. The topological polar surface area (TPSA) is 20.2 Å². The molecule has 0 heterocycles. The SMILES string of the molecule is C=C(O)CCCCCCC/C=C\CCCCCC. The largest absolute Gasteiger partial charge is 0.513 e. The molecule has 0 saturated carbocycles. The molecule has 0 rings (SSSR count). The van der Waals surface area contributed by atoms with Crippen molar-refractivity contribution in [2.45, 2.75) is 84.0 Å². The highest BCUT2D eigenvalue weighted by atomic mass is 16.3. The van der Waals surface area contributed by atoms with E-state index < -0.39 is 0 Å². The zero-order chi connectivity index (χ0) is 13.5. The summed E-state index contributed by atoms with van der Waals surface area (Å²) in [6, 6.07) is 0. The quantitative estimate of drug-likeness (QED) is 0.231. The summed E-state index contributed by atoms with van der Waals surface area (Å²) in [5, 5.41) is 8.93. The van der Waals surface area contributed by atoms with E-state index in [1.54, 1.807) is 0 Å². The number of allylic oxidation sites excluding steroid dienone is 3. The summed E-state index contributed by atoms with van der Waals surface area (Å²) >= 11 is 0. The van der Waals surface area contributed by atoms with Crippen LogP contribution in [0.1, 0.15) is 84.0 Å². The Labute approximate surface area is 114 Å². The number of hydrogen-bond donors (Lipinski definition) is 1. The van der Waals surface area contributed by atoms with Gasteiger partial charge in [0.1, 0.15) is 0 Å². The molecule has 0 radical (unpaired) electrons. The normalized spacial score (nSPS) is 11.2. The second kappa shape index (κ2) is 14.3. The predicted molar refractivity (Wildman–Crippen MR) is 82.0 cm³/mol. The minimum Gasteiger partial charge on any atom is -0.513 e. The summed E-state index contributed by atoms with van der Waals surface area (Å²) in [6.45, 7) is 5.75. The highest BCUT2D eigenvalue weighted by molar-refractivity contribution is 4.81. The van der Waals surface area contributed by atoms with Gasteiger partial charge in [-0.1, -0.05) is 64.2 Å². The van der Waals surface area contributed by atoms with E-state index in [1.165, 1.54) is 64.2 Å². The number of rotatable bonds is 13. The lowest BCUT2D eigenvalue weighted by molar-refractivity contribution is 0.383. The first kappa shape index (κ1) is 17.3. The summed E-state index contributed by atoms with van der Waals surface area (Å²) in [7, 11) is 0. The Balaban J connectivity index is 3.06. The van der Waals surface area contributed by atoms with Crippen LogP contribution in [0, 0.1) is 0 Å². The average Bonchev–Trinajstić information content (AvgIpc) is 2.34. The molecule has 0 amide bonds. The van der Waals surface area contributed by atoms with Crippen molar-refractivity contribution in [1.82, 2.24) is 0 Å². The molecule has 0 bridgehead atoms. The third-order valence-corrected chi connectivity index (χ3v) is 3.23. The Bertz CT molecular complexity index is 206. The summed E-state index contributed by atoms with van der Waals surface area (Å²) in [5.74, 6) is 0.334. The highest BCUT2D eigenvalue weighted by Gasteiger charge is 1.92. The molecule has 0 spiro atoms. The van der Waals surface area contributed by atoms with Crippen molar-refractivity contribution in [3.05, 3.63) is 24.5 Å². The summed E-state index contributed by atoms with van der Waals surface area (Å²) < 4.78 is 0. The fraction of sp³-hybridized carbons (Fsp3) is 0.765. The molecule has 0 saturated heterocycles. The summed E-state index contributed by atoms with van der Waals surface area (Å²) in [6.07, 6.45) is 19.7. The van der Waals surface area contributed by atoms with Gasteiger partial charge in [0, 0.05) is 6.42 Å². The molecule has 0 aliphatic rings.